The van der Waals surface area contributed by atoms with Crippen LogP contribution in [0.4, 0.5) is 10.1 Å². The highest BCUT2D eigenvalue weighted by Gasteiger charge is 2.34. The summed E-state index contributed by atoms with van der Waals surface area (Å²) in [5, 5.41) is 0. The Kier molecular flexibility index (Phi) is 5.94. The van der Waals surface area contributed by atoms with Gasteiger partial charge >= 0.3 is 0 Å². The molecule has 0 aromatic heterocycles. The average Bonchev–Trinajstić information content (AvgIpc) is 2.47. The van der Waals surface area contributed by atoms with Crippen LogP contribution in [0.2, 0.25) is 0 Å². The van der Waals surface area contributed by atoms with Crippen LogP contribution in [0.3, 0.4) is 0 Å². The van der Waals surface area contributed by atoms with Crippen molar-refractivity contribution in [2.45, 2.75) is 66.8 Å². The highest BCUT2D eigenvalue weighted by Crippen LogP contribution is 2.31. The van der Waals surface area contributed by atoms with Crippen LogP contribution in [0.1, 0.15) is 59.4 Å². The van der Waals surface area contributed by atoms with Crippen molar-refractivity contribution in [3.05, 3.63) is 29.6 Å². The van der Waals surface area contributed by atoms with Crippen molar-refractivity contribution in [3.63, 3.8) is 0 Å². The number of aryl methyl sites for hydroxylation is 1. The molecule has 1 aromatic rings. The lowest BCUT2D eigenvalue weighted by Crippen LogP contribution is -2.46. The molecule has 0 unspecified atom stereocenters. The van der Waals surface area contributed by atoms with E-state index in [1.54, 1.807) is 19.1 Å². The van der Waals surface area contributed by atoms with Gasteiger partial charge in [0, 0.05) is 17.1 Å². The van der Waals surface area contributed by atoms with E-state index < -0.39 is 5.41 Å². The van der Waals surface area contributed by atoms with E-state index in [-0.39, 0.29) is 17.8 Å². The minimum absolute atomic E-state index is 0.115. The zero-order valence-corrected chi connectivity index (χ0v) is 14.2. The summed E-state index contributed by atoms with van der Waals surface area (Å²) >= 11 is 0. The third-order valence-electron chi connectivity index (χ3n) is 4.41. The van der Waals surface area contributed by atoms with Gasteiger partial charge in [0.25, 0.3) is 0 Å². The molecule has 0 radical (unpaired) electrons. The Bertz CT molecular complexity index is 492. The lowest BCUT2D eigenvalue weighted by Gasteiger charge is -2.36. The van der Waals surface area contributed by atoms with E-state index in [1.165, 1.54) is 6.07 Å². The molecule has 118 valence electrons. The number of nitrogens with zero attached hydrogens (tertiary/aromatic N) is 1. The van der Waals surface area contributed by atoms with E-state index in [9.17, 15) is 9.18 Å². The van der Waals surface area contributed by atoms with Crippen LogP contribution in [0, 0.1) is 18.2 Å². The standard InChI is InChI=1S/C18H28FNO/c1-7-14(8-2)20(17(21)18(5,6)9-3)15-10-11-16(19)13(4)12-15/h10-12,14H,7-9H2,1-6H3. The number of carbonyl (C=O) groups is 1. The number of rotatable bonds is 6. The summed E-state index contributed by atoms with van der Waals surface area (Å²) in [5.41, 5.74) is 0.963. The van der Waals surface area contributed by atoms with Crippen LogP contribution < -0.4 is 4.90 Å². The maximum Gasteiger partial charge on any atom is 0.232 e. The number of carbonyl (C=O) groups excluding carboxylic acids is 1. The number of hydrogen-bond donors (Lipinski definition) is 0. The van der Waals surface area contributed by atoms with Crippen molar-refractivity contribution in [1.29, 1.82) is 0 Å². The Hall–Kier alpha value is -1.38. The van der Waals surface area contributed by atoms with Crippen molar-refractivity contribution >= 4 is 11.6 Å². The Balaban J connectivity index is 3.31. The summed E-state index contributed by atoms with van der Waals surface area (Å²) in [7, 11) is 0. The molecule has 0 aliphatic heterocycles. The molecule has 0 fully saturated rings. The van der Waals surface area contributed by atoms with E-state index in [1.807, 2.05) is 25.7 Å². The van der Waals surface area contributed by atoms with Crippen LogP contribution in [0.5, 0.6) is 0 Å². The van der Waals surface area contributed by atoms with Crippen LogP contribution in [0.15, 0.2) is 18.2 Å². The first-order chi connectivity index (χ1) is 9.78. The first kappa shape index (κ1) is 17.7. The Morgan fingerprint density at radius 3 is 2.24 bits per heavy atom. The van der Waals surface area contributed by atoms with Gasteiger partial charge in [-0.2, -0.15) is 0 Å². The van der Waals surface area contributed by atoms with Gasteiger partial charge < -0.3 is 4.90 Å². The summed E-state index contributed by atoms with van der Waals surface area (Å²) in [5.74, 6) is -0.116. The maximum absolute atomic E-state index is 13.5. The fraction of sp³-hybridized carbons (Fsp3) is 0.611. The molecule has 0 atom stereocenters. The topological polar surface area (TPSA) is 20.3 Å². The van der Waals surface area contributed by atoms with E-state index in [4.69, 9.17) is 0 Å². The molecular formula is C18H28FNO. The molecule has 0 bridgehead atoms. The number of hydrogen-bond acceptors (Lipinski definition) is 1. The molecule has 21 heavy (non-hydrogen) atoms. The van der Waals surface area contributed by atoms with Crippen molar-refractivity contribution in [2.24, 2.45) is 5.41 Å². The molecule has 0 aliphatic carbocycles. The largest absolute Gasteiger partial charge is 0.309 e. The number of halogens is 1. The third-order valence-corrected chi connectivity index (χ3v) is 4.41. The van der Waals surface area contributed by atoms with Gasteiger partial charge in [-0.3, -0.25) is 4.79 Å². The normalized spacial score (nSPS) is 11.8. The van der Waals surface area contributed by atoms with Crippen LogP contribution in [-0.2, 0) is 4.79 Å². The lowest BCUT2D eigenvalue weighted by molar-refractivity contribution is -0.127. The molecule has 0 saturated carbocycles. The second kappa shape index (κ2) is 7.06. The average molecular weight is 293 g/mol. The van der Waals surface area contributed by atoms with E-state index in [0.29, 0.717) is 5.56 Å². The van der Waals surface area contributed by atoms with Gasteiger partial charge in [-0.25, -0.2) is 4.39 Å². The zero-order chi connectivity index (χ0) is 16.2. The molecule has 0 N–H and O–H groups in total. The summed E-state index contributed by atoms with van der Waals surface area (Å²) in [4.78, 5) is 14.9. The SMILES string of the molecule is CCC(CC)N(C(=O)C(C)(C)CC)c1ccc(F)c(C)c1. The Labute approximate surface area is 128 Å². The highest BCUT2D eigenvalue weighted by molar-refractivity contribution is 5.97. The smallest absolute Gasteiger partial charge is 0.232 e. The number of anilines is 1. The summed E-state index contributed by atoms with van der Waals surface area (Å²) in [6, 6.07) is 5.08. The summed E-state index contributed by atoms with van der Waals surface area (Å²) in [6.45, 7) is 11.9. The van der Waals surface area contributed by atoms with Crippen LogP contribution in [-0.4, -0.2) is 11.9 Å². The summed E-state index contributed by atoms with van der Waals surface area (Å²) < 4.78 is 13.5. The third kappa shape index (κ3) is 3.84. The fourth-order valence-corrected chi connectivity index (χ4v) is 2.40. The lowest BCUT2D eigenvalue weighted by atomic mass is 9.87. The van der Waals surface area contributed by atoms with Gasteiger partial charge in [-0.05, 0) is 49.9 Å². The van der Waals surface area contributed by atoms with Gasteiger partial charge in [0.15, 0.2) is 0 Å². The molecule has 0 spiro atoms. The van der Waals surface area contributed by atoms with Crippen molar-refractivity contribution < 1.29 is 9.18 Å². The molecule has 2 nitrogen and oxygen atoms in total. The van der Waals surface area contributed by atoms with E-state index in [2.05, 4.69) is 13.8 Å². The van der Waals surface area contributed by atoms with Crippen LogP contribution in [0.25, 0.3) is 0 Å². The number of amides is 1. The monoisotopic (exact) mass is 293 g/mol. The molecule has 0 aliphatic rings. The first-order valence-corrected chi connectivity index (χ1v) is 7.88. The Morgan fingerprint density at radius 2 is 1.81 bits per heavy atom. The molecular weight excluding hydrogens is 265 g/mol. The maximum atomic E-state index is 13.5. The van der Waals surface area contributed by atoms with E-state index >= 15 is 0 Å². The van der Waals surface area contributed by atoms with Crippen LogP contribution >= 0.6 is 0 Å². The van der Waals surface area contributed by atoms with Gasteiger partial charge in [0.2, 0.25) is 5.91 Å². The molecule has 3 heteroatoms. The van der Waals surface area contributed by atoms with Gasteiger partial charge in [0.05, 0.1) is 0 Å². The second-order valence-electron chi connectivity index (χ2n) is 6.32. The Morgan fingerprint density at radius 1 is 1.24 bits per heavy atom. The highest BCUT2D eigenvalue weighted by atomic mass is 19.1. The zero-order valence-electron chi connectivity index (χ0n) is 14.2. The molecule has 1 aromatic carbocycles. The summed E-state index contributed by atoms with van der Waals surface area (Å²) in [6.07, 6.45) is 2.56. The van der Waals surface area contributed by atoms with Gasteiger partial charge in [-0.1, -0.05) is 34.6 Å². The molecule has 0 saturated heterocycles. The predicted octanol–water partition coefficient (Wildman–Crippen LogP) is 5.09. The second-order valence-corrected chi connectivity index (χ2v) is 6.32. The minimum atomic E-state index is -0.412. The molecule has 0 heterocycles. The number of benzene rings is 1. The fourth-order valence-electron chi connectivity index (χ4n) is 2.40. The predicted molar refractivity (Wildman–Crippen MR) is 87.1 cm³/mol. The van der Waals surface area contributed by atoms with Crippen molar-refractivity contribution in [1.82, 2.24) is 0 Å². The van der Waals surface area contributed by atoms with Gasteiger partial charge in [0.1, 0.15) is 5.82 Å². The first-order valence-electron chi connectivity index (χ1n) is 7.88. The van der Waals surface area contributed by atoms with E-state index in [0.717, 1.165) is 24.9 Å². The molecule has 1 rings (SSSR count). The van der Waals surface area contributed by atoms with Gasteiger partial charge in [-0.15, -0.1) is 0 Å². The molecule has 1 amide bonds. The van der Waals surface area contributed by atoms with Crippen molar-refractivity contribution in [2.75, 3.05) is 4.90 Å². The quantitative estimate of drug-likeness (QED) is 0.715. The van der Waals surface area contributed by atoms with Crippen molar-refractivity contribution in [3.8, 4) is 0 Å². The minimum Gasteiger partial charge on any atom is -0.309 e.